The normalized spacial score (nSPS) is 14.0. The average molecular weight is 498 g/mol. The molecule has 1 aliphatic rings. The van der Waals surface area contributed by atoms with E-state index in [1.54, 1.807) is 35.4 Å². The third kappa shape index (κ3) is 5.59. The van der Waals surface area contributed by atoms with E-state index in [4.69, 9.17) is 11.6 Å². The Morgan fingerprint density at radius 1 is 1.14 bits per heavy atom. The first-order valence-corrected chi connectivity index (χ1v) is 12.1. The zero-order chi connectivity index (χ0) is 24.8. The number of hydrogen-bond donors (Lipinski definition) is 1. The van der Waals surface area contributed by atoms with Gasteiger partial charge in [0.05, 0.1) is 16.3 Å². The Labute approximate surface area is 207 Å². The average Bonchev–Trinajstić information content (AvgIpc) is 3.25. The van der Waals surface area contributed by atoms with E-state index < -0.39 is 11.7 Å². The molecule has 0 bridgehead atoms. The lowest BCUT2D eigenvalue weighted by molar-refractivity contribution is 0.0950. The van der Waals surface area contributed by atoms with Gasteiger partial charge in [0, 0.05) is 31.5 Å². The van der Waals surface area contributed by atoms with Crippen LogP contribution in [0.15, 0.2) is 47.5 Å². The highest BCUT2D eigenvalue weighted by atomic mass is 35.5. The molecule has 1 N–H and O–H groups in total. The monoisotopic (exact) mass is 497 g/mol. The molecule has 0 saturated heterocycles. The molecule has 2 amide bonds. The highest BCUT2D eigenvalue weighted by Crippen LogP contribution is 2.24. The number of halogens is 1. The Hall–Kier alpha value is -3.53. The number of benzene rings is 1. The van der Waals surface area contributed by atoms with Crippen LogP contribution in [0.2, 0.25) is 5.02 Å². The number of aromatic nitrogens is 5. The molecule has 10 nitrogen and oxygen atoms in total. The van der Waals surface area contributed by atoms with Crippen molar-refractivity contribution in [3.63, 3.8) is 0 Å². The number of hydrogen-bond acceptors (Lipinski definition) is 6. The molecule has 0 spiro atoms. The van der Waals surface area contributed by atoms with Crippen molar-refractivity contribution in [2.75, 3.05) is 13.1 Å². The number of carbonyl (C=O) groups is 2. The summed E-state index contributed by atoms with van der Waals surface area (Å²) in [5.74, 6) is -0.220. The number of aryl methyl sites for hydroxylation is 1. The molecule has 1 aromatic carbocycles. The first-order valence-electron chi connectivity index (χ1n) is 11.8. The summed E-state index contributed by atoms with van der Waals surface area (Å²) in [5, 5.41) is 11.0. The van der Waals surface area contributed by atoms with Gasteiger partial charge in [-0.15, -0.1) is 4.68 Å². The summed E-state index contributed by atoms with van der Waals surface area (Å²) in [6.45, 7) is 2.56. The van der Waals surface area contributed by atoms with Crippen molar-refractivity contribution >= 4 is 23.5 Å². The highest BCUT2D eigenvalue weighted by molar-refractivity contribution is 6.32. The second-order valence-corrected chi connectivity index (χ2v) is 9.02. The van der Waals surface area contributed by atoms with Gasteiger partial charge >= 0.3 is 11.7 Å². The smallest absolute Gasteiger partial charge is 0.352 e. The maximum absolute atomic E-state index is 13.5. The van der Waals surface area contributed by atoms with Gasteiger partial charge in [-0.3, -0.25) is 9.78 Å². The molecule has 1 fully saturated rings. The summed E-state index contributed by atoms with van der Waals surface area (Å²) in [6.07, 6.45) is 8.53. The van der Waals surface area contributed by atoms with E-state index in [1.807, 2.05) is 13.0 Å². The van der Waals surface area contributed by atoms with Gasteiger partial charge in [-0.05, 0) is 60.4 Å². The number of tetrazole rings is 1. The Morgan fingerprint density at radius 3 is 2.66 bits per heavy atom. The molecular weight excluding hydrogens is 470 g/mol. The number of rotatable bonds is 7. The minimum absolute atomic E-state index is 0.00405. The Morgan fingerprint density at radius 2 is 1.94 bits per heavy atom. The third-order valence-corrected chi connectivity index (χ3v) is 6.51. The molecule has 3 aromatic rings. The number of carbonyl (C=O) groups excluding carboxylic acids is 2. The molecule has 184 valence electrons. The summed E-state index contributed by atoms with van der Waals surface area (Å²) >= 11 is 6.29. The van der Waals surface area contributed by atoms with Gasteiger partial charge in [0.1, 0.15) is 0 Å². The second kappa shape index (κ2) is 11.3. The van der Waals surface area contributed by atoms with Gasteiger partial charge in [0.2, 0.25) is 0 Å². The van der Waals surface area contributed by atoms with Crippen LogP contribution in [0.25, 0.3) is 5.69 Å². The maximum atomic E-state index is 13.5. The van der Waals surface area contributed by atoms with Crippen LogP contribution in [0, 0.1) is 6.92 Å². The minimum atomic E-state index is -0.670. The predicted octanol–water partition coefficient (Wildman–Crippen LogP) is 3.21. The number of pyridine rings is 1. The van der Waals surface area contributed by atoms with Crippen LogP contribution < -0.4 is 11.0 Å². The van der Waals surface area contributed by atoms with Crippen molar-refractivity contribution in [2.45, 2.75) is 51.5 Å². The second-order valence-electron chi connectivity index (χ2n) is 8.61. The molecule has 0 aliphatic heterocycles. The Kier molecular flexibility index (Phi) is 7.91. The van der Waals surface area contributed by atoms with Crippen LogP contribution >= 0.6 is 11.6 Å². The molecule has 0 unspecified atom stereocenters. The fraction of sp³-hybridized carbons (Fsp3) is 0.417. The van der Waals surface area contributed by atoms with E-state index >= 15 is 0 Å². The fourth-order valence-corrected chi connectivity index (χ4v) is 4.70. The standard InChI is InChI=1S/C24H28ClN7O3/c1-17-8-5-12-20(25)21(17)31-24(35)32(29-28-31)23(34)30(19-10-3-2-4-11-19)15-7-14-27-22(33)18-9-6-13-26-16-18/h5-6,8-9,12-13,16,19H,2-4,7,10-11,14-15H2,1H3,(H,27,33). The van der Waals surface area contributed by atoms with E-state index in [1.165, 1.54) is 6.20 Å². The van der Waals surface area contributed by atoms with Crippen LogP contribution in [0.5, 0.6) is 0 Å². The van der Waals surface area contributed by atoms with Crippen LogP contribution in [0.3, 0.4) is 0 Å². The largest absolute Gasteiger partial charge is 0.377 e. The van der Waals surface area contributed by atoms with Gasteiger partial charge in [0.25, 0.3) is 5.91 Å². The van der Waals surface area contributed by atoms with E-state index in [-0.39, 0.29) is 11.9 Å². The van der Waals surface area contributed by atoms with E-state index in [0.29, 0.717) is 35.8 Å². The van der Waals surface area contributed by atoms with E-state index in [0.717, 1.165) is 47.0 Å². The molecule has 1 aliphatic carbocycles. The number of amides is 2. The fourth-order valence-electron chi connectivity index (χ4n) is 4.40. The lowest BCUT2D eigenvalue weighted by Crippen LogP contribution is -2.48. The molecule has 11 heteroatoms. The van der Waals surface area contributed by atoms with Crippen molar-refractivity contribution in [1.82, 2.24) is 35.0 Å². The molecule has 0 radical (unpaired) electrons. The van der Waals surface area contributed by atoms with Crippen molar-refractivity contribution in [2.24, 2.45) is 0 Å². The Bertz CT molecular complexity index is 1220. The van der Waals surface area contributed by atoms with Gasteiger partial charge in [0.15, 0.2) is 0 Å². The van der Waals surface area contributed by atoms with Crippen molar-refractivity contribution in [3.8, 4) is 5.69 Å². The van der Waals surface area contributed by atoms with Gasteiger partial charge in [-0.25, -0.2) is 9.59 Å². The van der Waals surface area contributed by atoms with Crippen molar-refractivity contribution < 1.29 is 9.59 Å². The van der Waals surface area contributed by atoms with Crippen LogP contribution in [-0.4, -0.2) is 60.7 Å². The number of nitrogens with zero attached hydrogens (tertiary/aromatic N) is 6. The van der Waals surface area contributed by atoms with Gasteiger partial charge in [-0.1, -0.05) is 43.0 Å². The molecule has 1 saturated carbocycles. The van der Waals surface area contributed by atoms with Crippen LogP contribution in [0.4, 0.5) is 4.79 Å². The summed E-state index contributed by atoms with van der Waals surface area (Å²) in [7, 11) is 0. The third-order valence-electron chi connectivity index (χ3n) is 6.21. The summed E-state index contributed by atoms with van der Waals surface area (Å²) in [4.78, 5) is 44.5. The van der Waals surface area contributed by atoms with Gasteiger partial charge < -0.3 is 10.2 Å². The minimum Gasteiger partial charge on any atom is -0.352 e. The zero-order valence-corrected chi connectivity index (χ0v) is 20.3. The molecule has 2 aromatic heterocycles. The predicted molar refractivity (Wildman–Crippen MR) is 131 cm³/mol. The number of nitrogens with one attached hydrogen (secondary N) is 1. The van der Waals surface area contributed by atoms with Crippen LogP contribution in [-0.2, 0) is 0 Å². The lowest BCUT2D eigenvalue weighted by Gasteiger charge is -2.33. The Balaban J connectivity index is 1.49. The summed E-state index contributed by atoms with van der Waals surface area (Å²) in [6, 6.07) is 8.12. The quantitative estimate of drug-likeness (QED) is 0.396. The first kappa shape index (κ1) is 24.6. The first-order chi connectivity index (χ1) is 17.0. The lowest BCUT2D eigenvalue weighted by atomic mass is 9.94. The molecule has 35 heavy (non-hydrogen) atoms. The van der Waals surface area contributed by atoms with Gasteiger partial charge in [-0.2, -0.15) is 4.68 Å². The molecular formula is C24H28ClN7O3. The number of para-hydroxylation sites is 1. The van der Waals surface area contributed by atoms with E-state index in [2.05, 4.69) is 20.7 Å². The SMILES string of the molecule is Cc1cccc(Cl)c1-n1nnn(C(=O)N(CCCNC(=O)c2cccnc2)C2CCCCC2)c1=O. The molecule has 0 atom stereocenters. The van der Waals surface area contributed by atoms with E-state index in [9.17, 15) is 14.4 Å². The van der Waals surface area contributed by atoms with Crippen LogP contribution in [0.1, 0.15) is 54.4 Å². The highest BCUT2D eigenvalue weighted by Gasteiger charge is 2.29. The topological polar surface area (TPSA) is 115 Å². The maximum Gasteiger partial charge on any atom is 0.377 e. The zero-order valence-electron chi connectivity index (χ0n) is 19.6. The van der Waals surface area contributed by atoms with Crippen molar-refractivity contribution in [3.05, 3.63) is 69.4 Å². The molecule has 4 rings (SSSR count). The summed E-state index contributed by atoms with van der Waals surface area (Å²) in [5.41, 5.74) is 0.954. The summed E-state index contributed by atoms with van der Waals surface area (Å²) < 4.78 is 1.86. The molecule has 2 heterocycles. The van der Waals surface area contributed by atoms with Crippen molar-refractivity contribution in [1.29, 1.82) is 0 Å².